The Balaban J connectivity index is 2.77. The first kappa shape index (κ1) is 14.8. The maximum absolute atomic E-state index is 12.0. The smallest absolute Gasteiger partial charge is 0.358 e. The predicted molar refractivity (Wildman–Crippen MR) is 76.3 cm³/mol. The molecular formula is C11H6Cl3N3O3. The van der Waals surface area contributed by atoms with Crippen LogP contribution >= 0.6 is 34.8 Å². The topological polar surface area (TPSA) is 78.0 Å². The van der Waals surface area contributed by atoms with Gasteiger partial charge in [-0.15, -0.1) is 0 Å². The van der Waals surface area contributed by atoms with Crippen LogP contribution < -0.4 is 5.56 Å². The van der Waals surface area contributed by atoms with Gasteiger partial charge in [0, 0.05) is 5.02 Å². The van der Waals surface area contributed by atoms with Crippen LogP contribution in [-0.2, 0) is 0 Å². The van der Waals surface area contributed by atoms with E-state index in [1.807, 2.05) is 0 Å². The summed E-state index contributed by atoms with van der Waals surface area (Å²) in [6.45, 7) is 1.78. The second kappa shape index (κ2) is 5.40. The molecule has 0 saturated heterocycles. The van der Waals surface area contributed by atoms with Crippen molar-refractivity contribution in [1.82, 2.24) is 9.78 Å². The number of nitro groups is 1. The number of rotatable bonds is 2. The average Bonchev–Trinajstić information content (AvgIpc) is 2.39. The van der Waals surface area contributed by atoms with Gasteiger partial charge >= 0.3 is 11.4 Å². The number of aryl methyl sites for hydroxylation is 1. The summed E-state index contributed by atoms with van der Waals surface area (Å²) in [5.41, 5.74) is 0.285. The molecule has 0 amide bonds. The van der Waals surface area contributed by atoms with Crippen molar-refractivity contribution in [3.05, 3.63) is 59.3 Å². The standard InChI is InChI=1S/C11H6Cl3N3O3/c1-5-2-3-6(4-7(5)12)16-11(18)9(14)8(13)10(15-16)17(19)20/h2-4H,1H3. The van der Waals surface area contributed by atoms with Gasteiger partial charge in [0.05, 0.1) is 10.8 Å². The molecule has 1 aromatic heterocycles. The van der Waals surface area contributed by atoms with Crippen molar-refractivity contribution in [2.45, 2.75) is 6.92 Å². The maximum atomic E-state index is 12.0. The first-order valence-electron chi connectivity index (χ1n) is 5.22. The summed E-state index contributed by atoms with van der Waals surface area (Å²) in [6.07, 6.45) is 0. The van der Waals surface area contributed by atoms with Gasteiger partial charge in [-0.3, -0.25) is 4.79 Å². The number of nitrogens with zero attached hydrogens (tertiary/aromatic N) is 3. The lowest BCUT2D eigenvalue weighted by Crippen LogP contribution is -2.23. The quantitative estimate of drug-likeness (QED) is 0.623. The number of hydrogen-bond acceptors (Lipinski definition) is 4. The van der Waals surface area contributed by atoms with Crippen LogP contribution in [0.3, 0.4) is 0 Å². The molecule has 0 N–H and O–H groups in total. The summed E-state index contributed by atoms with van der Waals surface area (Å²) < 4.78 is 0.789. The Labute approximate surface area is 127 Å². The van der Waals surface area contributed by atoms with Crippen LogP contribution in [0.2, 0.25) is 15.1 Å². The maximum Gasteiger partial charge on any atom is 0.409 e. The molecule has 0 radical (unpaired) electrons. The van der Waals surface area contributed by atoms with Crippen LogP contribution in [0.15, 0.2) is 23.0 Å². The lowest BCUT2D eigenvalue weighted by molar-refractivity contribution is -0.390. The number of benzene rings is 1. The average molecular weight is 335 g/mol. The lowest BCUT2D eigenvalue weighted by atomic mass is 10.2. The van der Waals surface area contributed by atoms with Crippen molar-refractivity contribution in [2.24, 2.45) is 0 Å². The highest BCUT2D eigenvalue weighted by Gasteiger charge is 2.24. The molecule has 1 heterocycles. The van der Waals surface area contributed by atoms with Crippen LogP contribution in [0.25, 0.3) is 5.69 Å². The number of aromatic nitrogens is 2. The Bertz CT molecular complexity index is 773. The molecule has 20 heavy (non-hydrogen) atoms. The van der Waals surface area contributed by atoms with Gasteiger partial charge in [0.1, 0.15) is 5.02 Å². The lowest BCUT2D eigenvalue weighted by Gasteiger charge is -2.04. The SMILES string of the molecule is Cc1ccc(-n2nc([N+](=O)[O-])c(Cl)c(Cl)c2=O)cc1Cl. The van der Waals surface area contributed by atoms with E-state index >= 15 is 0 Å². The van der Waals surface area contributed by atoms with Gasteiger partial charge in [-0.2, -0.15) is 0 Å². The Morgan fingerprint density at radius 2 is 1.90 bits per heavy atom. The van der Waals surface area contributed by atoms with Crippen LogP contribution in [-0.4, -0.2) is 14.7 Å². The molecule has 0 bridgehead atoms. The molecule has 0 atom stereocenters. The van der Waals surface area contributed by atoms with Crippen LogP contribution in [0, 0.1) is 17.0 Å². The van der Waals surface area contributed by atoms with Gasteiger partial charge in [-0.25, -0.2) is 0 Å². The van der Waals surface area contributed by atoms with Gasteiger partial charge in [-0.05, 0) is 29.5 Å². The van der Waals surface area contributed by atoms with Crippen molar-refractivity contribution in [3.63, 3.8) is 0 Å². The van der Waals surface area contributed by atoms with Crippen molar-refractivity contribution in [2.75, 3.05) is 0 Å². The summed E-state index contributed by atoms with van der Waals surface area (Å²) in [5, 5.41) is 13.9. The van der Waals surface area contributed by atoms with Crippen LogP contribution in [0.1, 0.15) is 5.56 Å². The molecular weight excluding hydrogens is 328 g/mol. The van der Waals surface area contributed by atoms with E-state index in [9.17, 15) is 14.9 Å². The zero-order chi connectivity index (χ0) is 15.0. The summed E-state index contributed by atoms with van der Waals surface area (Å²) in [4.78, 5) is 22.0. The van der Waals surface area contributed by atoms with E-state index in [1.54, 1.807) is 19.1 Å². The van der Waals surface area contributed by atoms with Crippen molar-refractivity contribution >= 4 is 40.6 Å². The zero-order valence-corrected chi connectivity index (χ0v) is 12.2. The Morgan fingerprint density at radius 3 is 2.45 bits per heavy atom. The van der Waals surface area contributed by atoms with E-state index in [4.69, 9.17) is 34.8 Å². The molecule has 2 aromatic rings. The molecule has 0 spiro atoms. The second-order valence-corrected chi connectivity index (χ2v) is 5.02. The molecule has 104 valence electrons. The first-order valence-corrected chi connectivity index (χ1v) is 6.35. The molecule has 0 aliphatic rings. The van der Waals surface area contributed by atoms with Crippen molar-refractivity contribution < 1.29 is 4.92 Å². The van der Waals surface area contributed by atoms with E-state index < -0.39 is 26.3 Å². The fourth-order valence-corrected chi connectivity index (χ4v) is 2.00. The van der Waals surface area contributed by atoms with E-state index in [2.05, 4.69) is 5.10 Å². The molecule has 6 nitrogen and oxygen atoms in total. The molecule has 9 heteroatoms. The summed E-state index contributed by atoms with van der Waals surface area (Å²) in [6, 6.07) is 4.66. The van der Waals surface area contributed by atoms with Gasteiger partial charge < -0.3 is 10.1 Å². The van der Waals surface area contributed by atoms with Gasteiger partial charge in [0.15, 0.2) is 5.02 Å². The Morgan fingerprint density at radius 1 is 1.25 bits per heavy atom. The fourth-order valence-electron chi connectivity index (χ4n) is 1.47. The predicted octanol–water partition coefficient (Wildman–Crippen LogP) is 3.41. The van der Waals surface area contributed by atoms with Gasteiger partial charge in [-0.1, -0.05) is 45.6 Å². The van der Waals surface area contributed by atoms with E-state index in [1.165, 1.54) is 6.07 Å². The largest absolute Gasteiger partial charge is 0.409 e. The van der Waals surface area contributed by atoms with Crippen LogP contribution in [0.4, 0.5) is 5.82 Å². The summed E-state index contributed by atoms with van der Waals surface area (Å²) >= 11 is 17.3. The molecule has 0 aliphatic heterocycles. The van der Waals surface area contributed by atoms with Crippen molar-refractivity contribution in [3.8, 4) is 5.69 Å². The molecule has 2 rings (SSSR count). The Kier molecular flexibility index (Phi) is 3.99. The van der Waals surface area contributed by atoms with Gasteiger partial charge in [0.25, 0.3) is 0 Å². The normalized spacial score (nSPS) is 10.6. The zero-order valence-electron chi connectivity index (χ0n) is 9.93. The van der Waals surface area contributed by atoms with E-state index in [0.29, 0.717) is 5.02 Å². The first-order chi connectivity index (χ1) is 9.32. The Hall–Kier alpha value is -1.63. The van der Waals surface area contributed by atoms with Gasteiger partial charge in [0.2, 0.25) is 0 Å². The molecule has 0 unspecified atom stereocenters. The molecule has 0 aliphatic carbocycles. The van der Waals surface area contributed by atoms with Crippen molar-refractivity contribution in [1.29, 1.82) is 0 Å². The molecule has 0 fully saturated rings. The third-order valence-corrected chi connectivity index (χ3v) is 3.75. The highest BCUT2D eigenvalue weighted by Crippen LogP contribution is 2.27. The van der Waals surface area contributed by atoms with E-state index in [-0.39, 0.29) is 5.69 Å². The number of halogens is 3. The second-order valence-electron chi connectivity index (χ2n) is 3.86. The highest BCUT2D eigenvalue weighted by atomic mass is 35.5. The van der Waals surface area contributed by atoms with Crippen LogP contribution in [0.5, 0.6) is 0 Å². The summed E-state index contributed by atoms with van der Waals surface area (Å²) in [5.74, 6) is -0.701. The van der Waals surface area contributed by atoms with E-state index in [0.717, 1.165) is 10.2 Å². The third-order valence-electron chi connectivity index (χ3n) is 2.54. The summed E-state index contributed by atoms with van der Waals surface area (Å²) in [7, 11) is 0. The third kappa shape index (κ3) is 2.49. The number of hydrogen-bond donors (Lipinski definition) is 0. The minimum absolute atomic E-state index is 0.257. The minimum Gasteiger partial charge on any atom is -0.358 e. The fraction of sp³-hybridized carbons (Fsp3) is 0.0909. The molecule has 0 saturated carbocycles. The highest BCUT2D eigenvalue weighted by molar-refractivity contribution is 6.43. The minimum atomic E-state index is -0.819. The molecule has 1 aromatic carbocycles. The monoisotopic (exact) mass is 333 g/mol.